The summed E-state index contributed by atoms with van der Waals surface area (Å²) in [5.74, 6) is 0.140. The maximum Gasteiger partial charge on any atom is 0.585 e. The van der Waals surface area contributed by atoms with Crippen LogP contribution in [0.25, 0.3) is 0 Å². The minimum atomic E-state index is -3.50. The van der Waals surface area contributed by atoms with E-state index in [1.54, 1.807) is 0 Å². The Morgan fingerprint density at radius 2 is 1.86 bits per heavy atom. The van der Waals surface area contributed by atoms with E-state index in [0.717, 1.165) is 11.8 Å². The first-order chi connectivity index (χ1) is 6.66. The van der Waals surface area contributed by atoms with Gasteiger partial charge in [-0.25, -0.2) is 0 Å². The molecule has 2 rings (SSSR count). The second-order valence-electron chi connectivity index (χ2n) is 2.93. The molecule has 0 fully saturated rings. The lowest BCUT2D eigenvalue weighted by Gasteiger charge is -2.07. The third kappa shape index (κ3) is 2.02. The van der Waals surface area contributed by atoms with E-state index >= 15 is 0 Å². The molecule has 0 radical (unpaired) electrons. The van der Waals surface area contributed by atoms with Crippen molar-refractivity contribution in [3.05, 3.63) is 47.9 Å². The fourth-order valence-corrected chi connectivity index (χ4v) is 1.21. The number of hydrogen-bond donors (Lipinski definition) is 0. The third-order valence-electron chi connectivity index (χ3n) is 1.80. The summed E-state index contributed by atoms with van der Waals surface area (Å²) >= 11 is 0. The molecule has 1 heterocycles. The minimum Gasteiger partial charge on any atom is -0.404 e. The molecule has 0 aromatic heterocycles. The number of hydrogen-bond acceptors (Lipinski definition) is 2. The minimum absolute atomic E-state index is 0.140. The Bertz CT molecular complexity index is 346. The molecule has 4 heteroatoms. The van der Waals surface area contributed by atoms with Crippen LogP contribution in [-0.2, 0) is 15.9 Å². The van der Waals surface area contributed by atoms with Crippen LogP contribution in [0.3, 0.4) is 0 Å². The number of benzene rings is 1. The van der Waals surface area contributed by atoms with Crippen molar-refractivity contribution in [3.63, 3.8) is 0 Å². The molecule has 1 aromatic rings. The van der Waals surface area contributed by atoms with Crippen molar-refractivity contribution in [1.82, 2.24) is 0 Å². The van der Waals surface area contributed by atoms with Gasteiger partial charge < -0.3 is 9.47 Å². The summed E-state index contributed by atoms with van der Waals surface area (Å²) in [5.41, 5.74) is 0.903. The standard InChI is InChI=1S/C10H8F2O2/c11-10(12)13-7-9(14-10)6-8-4-2-1-3-5-8/h1-5,7H,6H2. The molecule has 0 saturated heterocycles. The van der Waals surface area contributed by atoms with Gasteiger partial charge in [-0.1, -0.05) is 30.3 Å². The Morgan fingerprint density at radius 1 is 1.14 bits per heavy atom. The average Bonchev–Trinajstić information content (AvgIpc) is 2.47. The zero-order valence-electron chi connectivity index (χ0n) is 7.24. The van der Waals surface area contributed by atoms with Gasteiger partial charge in [0.05, 0.1) is 0 Å². The molecule has 1 aliphatic heterocycles. The van der Waals surface area contributed by atoms with Gasteiger partial charge in [-0.15, -0.1) is 8.78 Å². The van der Waals surface area contributed by atoms with Crippen molar-refractivity contribution in [2.24, 2.45) is 0 Å². The normalized spacial score (nSPS) is 18.3. The molecule has 0 bridgehead atoms. The van der Waals surface area contributed by atoms with E-state index in [2.05, 4.69) is 9.47 Å². The van der Waals surface area contributed by atoms with Crippen LogP contribution in [0, 0.1) is 0 Å². The topological polar surface area (TPSA) is 18.5 Å². The summed E-state index contributed by atoms with van der Waals surface area (Å²) < 4.78 is 33.1. The van der Waals surface area contributed by atoms with Crippen LogP contribution in [0.2, 0.25) is 0 Å². The van der Waals surface area contributed by atoms with Crippen LogP contribution >= 0.6 is 0 Å². The van der Waals surface area contributed by atoms with E-state index in [4.69, 9.17) is 0 Å². The highest BCUT2D eigenvalue weighted by molar-refractivity contribution is 5.19. The molecule has 0 amide bonds. The largest absolute Gasteiger partial charge is 0.585 e. The lowest BCUT2D eigenvalue weighted by molar-refractivity contribution is -0.334. The molecule has 0 N–H and O–H groups in total. The van der Waals surface area contributed by atoms with Gasteiger partial charge in [0.1, 0.15) is 12.0 Å². The third-order valence-corrected chi connectivity index (χ3v) is 1.80. The SMILES string of the molecule is FC1(F)OC=C(Cc2ccccc2)O1. The quantitative estimate of drug-likeness (QED) is 0.727. The molecular formula is C10H8F2O2. The van der Waals surface area contributed by atoms with Gasteiger partial charge in [-0.2, -0.15) is 0 Å². The van der Waals surface area contributed by atoms with E-state index in [0.29, 0.717) is 6.42 Å². The van der Waals surface area contributed by atoms with E-state index in [-0.39, 0.29) is 5.76 Å². The van der Waals surface area contributed by atoms with E-state index < -0.39 is 6.29 Å². The van der Waals surface area contributed by atoms with E-state index in [1.165, 1.54) is 0 Å². The van der Waals surface area contributed by atoms with Gasteiger partial charge in [0.25, 0.3) is 0 Å². The fourth-order valence-electron chi connectivity index (χ4n) is 1.21. The number of rotatable bonds is 2. The van der Waals surface area contributed by atoms with Crippen molar-refractivity contribution in [2.75, 3.05) is 0 Å². The van der Waals surface area contributed by atoms with Crippen LogP contribution in [0.4, 0.5) is 8.78 Å². The first-order valence-electron chi connectivity index (χ1n) is 4.13. The number of ether oxygens (including phenoxy) is 2. The zero-order chi connectivity index (χ0) is 10.0. The molecule has 0 unspecified atom stereocenters. The summed E-state index contributed by atoms with van der Waals surface area (Å²) in [7, 11) is 0. The Hall–Kier alpha value is -1.58. The number of halogens is 2. The van der Waals surface area contributed by atoms with Crippen molar-refractivity contribution in [3.8, 4) is 0 Å². The highest BCUT2D eigenvalue weighted by Gasteiger charge is 2.39. The predicted octanol–water partition coefficient (Wildman–Crippen LogP) is 2.67. The van der Waals surface area contributed by atoms with Crippen molar-refractivity contribution in [1.29, 1.82) is 0 Å². The first kappa shape index (κ1) is 8.99. The Kier molecular flexibility index (Phi) is 2.11. The van der Waals surface area contributed by atoms with E-state index in [1.807, 2.05) is 30.3 Å². The molecule has 1 aliphatic rings. The van der Waals surface area contributed by atoms with Gasteiger partial charge in [-0.05, 0) is 5.56 Å². The highest BCUT2D eigenvalue weighted by atomic mass is 19.3. The van der Waals surface area contributed by atoms with Crippen molar-refractivity contribution in [2.45, 2.75) is 12.7 Å². The average molecular weight is 198 g/mol. The number of allylic oxidation sites excluding steroid dienone is 1. The Balaban J connectivity index is 2.01. The van der Waals surface area contributed by atoms with Gasteiger partial charge >= 0.3 is 6.29 Å². The molecule has 2 nitrogen and oxygen atoms in total. The van der Waals surface area contributed by atoms with Crippen LogP contribution < -0.4 is 0 Å². The Morgan fingerprint density at radius 3 is 2.43 bits per heavy atom. The maximum atomic E-state index is 12.4. The van der Waals surface area contributed by atoms with Gasteiger partial charge in [0, 0.05) is 6.42 Å². The molecule has 1 aromatic carbocycles. The molecule has 0 aliphatic carbocycles. The van der Waals surface area contributed by atoms with Crippen LogP contribution in [0.1, 0.15) is 5.56 Å². The smallest absolute Gasteiger partial charge is 0.404 e. The summed E-state index contributed by atoms with van der Waals surface area (Å²) in [6.07, 6.45) is -2.23. The molecule has 74 valence electrons. The summed E-state index contributed by atoms with van der Waals surface area (Å²) in [6, 6.07) is 9.20. The van der Waals surface area contributed by atoms with Crippen LogP contribution in [0.15, 0.2) is 42.4 Å². The second-order valence-corrected chi connectivity index (χ2v) is 2.93. The molecule has 0 atom stereocenters. The molecule has 0 saturated carbocycles. The fraction of sp³-hybridized carbons (Fsp3) is 0.200. The van der Waals surface area contributed by atoms with Crippen LogP contribution in [0.5, 0.6) is 0 Å². The number of alkyl halides is 2. The van der Waals surface area contributed by atoms with E-state index in [9.17, 15) is 8.78 Å². The van der Waals surface area contributed by atoms with Gasteiger partial charge in [0.2, 0.25) is 0 Å². The summed E-state index contributed by atoms with van der Waals surface area (Å²) in [5, 5.41) is 0. The maximum absolute atomic E-state index is 12.4. The van der Waals surface area contributed by atoms with Crippen LogP contribution in [-0.4, -0.2) is 6.29 Å². The van der Waals surface area contributed by atoms with Crippen molar-refractivity contribution < 1.29 is 18.3 Å². The molecule has 14 heavy (non-hydrogen) atoms. The second kappa shape index (κ2) is 3.29. The molecular weight excluding hydrogens is 190 g/mol. The van der Waals surface area contributed by atoms with Crippen molar-refractivity contribution >= 4 is 0 Å². The summed E-state index contributed by atoms with van der Waals surface area (Å²) in [4.78, 5) is 0. The lowest BCUT2D eigenvalue weighted by atomic mass is 10.1. The summed E-state index contributed by atoms with van der Waals surface area (Å²) in [6.45, 7) is 0. The Labute approximate surface area is 79.8 Å². The molecule has 0 spiro atoms. The highest BCUT2D eigenvalue weighted by Crippen LogP contribution is 2.29. The predicted molar refractivity (Wildman–Crippen MR) is 45.3 cm³/mol. The van der Waals surface area contributed by atoms with Gasteiger partial charge in [0.15, 0.2) is 0 Å². The lowest BCUT2D eigenvalue weighted by Crippen LogP contribution is -2.16. The zero-order valence-corrected chi connectivity index (χ0v) is 7.24. The van der Waals surface area contributed by atoms with Gasteiger partial charge in [-0.3, -0.25) is 0 Å². The first-order valence-corrected chi connectivity index (χ1v) is 4.13. The monoisotopic (exact) mass is 198 g/mol.